The van der Waals surface area contributed by atoms with E-state index in [9.17, 15) is 25.2 Å². The van der Waals surface area contributed by atoms with Crippen molar-refractivity contribution in [2.24, 2.45) is 0 Å². The number of carbonyl (C=O) groups excluding carboxylic acids is 1. The van der Waals surface area contributed by atoms with E-state index >= 15 is 0 Å². The molecule has 360 valence electrons. The minimum Gasteiger partial charge on any atom is -0.457 e. The van der Waals surface area contributed by atoms with E-state index in [2.05, 4.69) is 74.6 Å². The van der Waals surface area contributed by atoms with Gasteiger partial charge in [0.2, 0.25) is 0 Å². The van der Waals surface area contributed by atoms with Crippen molar-refractivity contribution in [3.63, 3.8) is 0 Å². The van der Waals surface area contributed by atoms with Crippen LogP contribution in [0.3, 0.4) is 0 Å². The highest BCUT2D eigenvalue weighted by molar-refractivity contribution is 5.69. The van der Waals surface area contributed by atoms with Crippen LogP contribution in [-0.2, 0) is 23.7 Å². The van der Waals surface area contributed by atoms with Crippen LogP contribution >= 0.6 is 0 Å². The van der Waals surface area contributed by atoms with Gasteiger partial charge in [-0.1, -0.05) is 203 Å². The molecule has 1 heterocycles. The molecule has 0 aromatic heterocycles. The molecule has 4 N–H and O–H groups in total. The molecule has 6 unspecified atom stereocenters. The van der Waals surface area contributed by atoms with Crippen molar-refractivity contribution in [2.45, 2.75) is 243 Å². The first-order valence-corrected chi connectivity index (χ1v) is 25.4. The maximum absolute atomic E-state index is 12.8. The summed E-state index contributed by atoms with van der Waals surface area (Å²) in [6, 6.07) is 0. The Balaban J connectivity index is 2.24. The van der Waals surface area contributed by atoms with Gasteiger partial charge in [0.25, 0.3) is 0 Å². The van der Waals surface area contributed by atoms with Crippen molar-refractivity contribution in [1.29, 1.82) is 0 Å². The van der Waals surface area contributed by atoms with Gasteiger partial charge in [0.15, 0.2) is 6.29 Å². The summed E-state index contributed by atoms with van der Waals surface area (Å²) in [5.41, 5.74) is 0. The highest BCUT2D eigenvalue weighted by Gasteiger charge is 2.44. The predicted octanol–water partition coefficient (Wildman–Crippen LogP) is 12.3. The van der Waals surface area contributed by atoms with Gasteiger partial charge in [-0.15, -0.1) is 0 Å². The molecule has 9 nitrogen and oxygen atoms in total. The zero-order valence-electron chi connectivity index (χ0n) is 39.6. The molecule has 9 heteroatoms. The summed E-state index contributed by atoms with van der Waals surface area (Å²) < 4.78 is 22.9. The zero-order valence-corrected chi connectivity index (χ0v) is 39.6. The van der Waals surface area contributed by atoms with Crippen molar-refractivity contribution in [2.75, 3.05) is 26.4 Å². The number of hydrogen-bond acceptors (Lipinski definition) is 9. The number of rotatable bonds is 43. The minimum atomic E-state index is -1.54. The third-order valence-electron chi connectivity index (χ3n) is 11.4. The molecule has 0 aromatic rings. The summed E-state index contributed by atoms with van der Waals surface area (Å²) >= 11 is 0. The Hall–Kier alpha value is -2.11. The number of carbonyl (C=O) groups is 1. The average Bonchev–Trinajstić information content (AvgIpc) is 3.27. The lowest BCUT2D eigenvalue weighted by Gasteiger charge is -2.39. The maximum atomic E-state index is 12.8. The lowest BCUT2D eigenvalue weighted by Crippen LogP contribution is -2.59. The molecule has 0 aliphatic carbocycles. The summed E-state index contributed by atoms with van der Waals surface area (Å²) in [5, 5.41) is 40.2. The molecule has 0 bridgehead atoms. The molecule has 0 radical (unpaired) electrons. The van der Waals surface area contributed by atoms with Crippen molar-refractivity contribution in [3.8, 4) is 0 Å². The van der Waals surface area contributed by atoms with Gasteiger partial charge in [0.05, 0.1) is 19.8 Å². The summed E-state index contributed by atoms with van der Waals surface area (Å²) in [5.74, 6) is -0.321. The second-order valence-corrected chi connectivity index (χ2v) is 17.2. The highest BCUT2D eigenvalue weighted by Crippen LogP contribution is 2.23. The molecular weight excluding hydrogens is 781 g/mol. The summed E-state index contributed by atoms with van der Waals surface area (Å²) in [6.07, 6.45) is 49.7. The van der Waals surface area contributed by atoms with Gasteiger partial charge in [0.1, 0.15) is 30.5 Å². The molecule has 1 aliphatic heterocycles. The first-order valence-electron chi connectivity index (χ1n) is 25.4. The smallest absolute Gasteiger partial charge is 0.306 e. The second-order valence-electron chi connectivity index (χ2n) is 17.2. The number of hydrogen-bond donors (Lipinski definition) is 4. The molecule has 1 rings (SSSR count). The van der Waals surface area contributed by atoms with Crippen molar-refractivity contribution >= 4 is 5.97 Å². The lowest BCUT2D eigenvalue weighted by atomic mass is 9.99. The SMILES string of the molecule is CC/C=C\C/C=C\C/C=C\C/C=C\C/C=C\CCCCCCOCC(COC1OC(CO)C(O)C(O)C1O)OC(=O)CCCCCCCCCCCCCCCCCCCCC. The Bertz CT molecular complexity index is 1130. The van der Waals surface area contributed by atoms with Crippen LogP contribution in [0, 0.1) is 0 Å². The van der Waals surface area contributed by atoms with Crippen LogP contribution in [0.25, 0.3) is 0 Å². The van der Waals surface area contributed by atoms with Crippen molar-refractivity contribution < 1.29 is 44.2 Å². The Morgan fingerprint density at radius 2 is 0.984 bits per heavy atom. The first kappa shape index (κ1) is 57.9. The maximum Gasteiger partial charge on any atom is 0.306 e. The Labute approximate surface area is 379 Å². The molecule has 0 aromatic carbocycles. The predicted molar refractivity (Wildman–Crippen MR) is 256 cm³/mol. The van der Waals surface area contributed by atoms with Crippen LogP contribution in [0.4, 0.5) is 0 Å². The summed E-state index contributed by atoms with van der Waals surface area (Å²) in [4.78, 5) is 12.8. The Morgan fingerprint density at radius 1 is 0.532 bits per heavy atom. The topological polar surface area (TPSA) is 135 Å². The van der Waals surface area contributed by atoms with Crippen LogP contribution in [-0.4, -0.2) is 89.6 Å². The largest absolute Gasteiger partial charge is 0.457 e. The second kappa shape index (κ2) is 44.1. The number of unbranched alkanes of at least 4 members (excludes halogenated alkanes) is 22. The molecule has 6 atom stereocenters. The van der Waals surface area contributed by atoms with E-state index in [1.165, 1.54) is 103 Å². The van der Waals surface area contributed by atoms with Gasteiger partial charge in [-0.05, 0) is 57.8 Å². The first-order chi connectivity index (χ1) is 30.4. The van der Waals surface area contributed by atoms with Gasteiger partial charge >= 0.3 is 5.97 Å². The van der Waals surface area contributed by atoms with Crippen molar-refractivity contribution in [1.82, 2.24) is 0 Å². The van der Waals surface area contributed by atoms with E-state index in [4.69, 9.17) is 18.9 Å². The van der Waals surface area contributed by atoms with Crippen LogP contribution < -0.4 is 0 Å². The van der Waals surface area contributed by atoms with E-state index in [0.717, 1.165) is 83.5 Å². The number of aliphatic hydroxyl groups excluding tert-OH is 4. The number of esters is 1. The Kier molecular flexibility index (Phi) is 41.2. The summed E-state index contributed by atoms with van der Waals surface area (Å²) in [7, 11) is 0. The fraction of sp³-hybridized carbons (Fsp3) is 0.792. The van der Waals surface area contributed by atoms with Gasteiger partial charge < -0.3 is 39.4 Å². The highest BCUT2D eigenvalue weighted by atomic mass is 16.7. The average molecular weight is 875 g/mol. The molecule has 1 fully saturated rings. The normalized spacial score (nSPS) is 20.3. The van der Waals surface area contributed by atoms with E-state index in [1.807, 2.05) is 0 Å². The van der Waals surface area contributed by atoms with Gasteiger partial charge in [-0.2, -0.15) is 0 Å². The third-order valence-corrected chi connectivity index (χ3v) is 11.4. The van der Waals surface area contributed by atoms with Crippen LogP contribution in [0.2, 0.25) is 0 Å². The van der Waals surface area contributed by atoms with Gasteiger partial charge in [0, 0.05) is 13.0 Å². The van der Waals surface area contributed by atoms with Gasteiger partial charge in [-0.25, -0.2) is 0 Å². The monoisotopic (exact) mass is 875 g/mol. The number of allylic oxidation sites excluding steroid dienone is 10. The Morgan fingerprint density at radius 3 is 1.48 bits per heavy atom. The van der Waals surface area contributed by atoms with Crippen LogP contribution in [0.1, 0.15) is 206 Å². The van der Waals surface area contributed by atoms with E-state index in [-0.39, 0.29) is 19.2 Å². The third kappa shape index (κ3) is 34.3. The standard InChI is InChI=1S/C53H94O9/c1-3-5-7-9-11-13-15-17-19-21-23-25-27-29-31-33-35-37-39-41-43-59-45-47(46-60-53-52(58)51(57)50(56)48(44-54)62-53)61-49(55)42-40-38-36-34-32-30-28-26-24-22-20-18-16-14-12-10-8-6-4-2/h5,7,11,13,17,19,23,25,29,31,47-48,50-54,56-58H,3-4,6,8-10,12,14-16,18,20-22,24,26-28,30,32-46H2,1-2H3/b7-5-,13-11-,19-17-,25-23-,31-29-. The molecule has 0 saturated carbocycles. The quantitative estimate of drug-likeness (QED) is 0.0268. The molecule has 62 heavy (non-hydrogen) atoms. The van der Waals surface area contributed by atoms with Crippen molar-refractivity contribution in [3.05, 3.63) is 60.8 Å². The fourth-order valence-electron chi connectivity index (χ4n) is 7.52. The van der Waals surface area contributed by atoms with E-state index < -0.39 is 43.4 Å². The molecular formula is C53H94O9. The van der Waals surface area contributed by atoms with E-state index in [0.29, 0.717) is 13.0 Å². The van der Waals surface area contributed by atoms with Crippen LogP contribution in [0.5, 0.6) is 0 Å². The summed E-state index contributed by atoms with van der Waals surface area (Å²) in [6.45, 7) is 4.41. The van der Waals surface area contributed by atoms with E-state index in [1.54, 1.807) is 0 Å². The fourth-order valence-corrected chi connectivity index (χ4v) is 7.52. The number of aliphatic hydroxyl groups is 4. The zero-order chi connectivity index (χ0) is 45.0. The minimum absolute atomic E-state index is 0.124. The van der Waals surface area contributed by atoms with Gasteiger partial charge in [-0.3, -0.25) is 4.79 Å². The van der Waals surface area contributed by atoms with Crippen LogP contribution in [0.15, 0.2) is 60.8 Å². The molecule has 1 aliphatic rings. The number of ether oxygens (including phenoxy) is 4. The molecule has 0 spiro atoms. The molecule has 0 amide bonds. The molecule has 1 saturated heterocycles. The lowest BCUT2D eigenvalue weighted by molar-refractivity contribution is -0.305.